The van der Waals surface area contributed by atoms with Crippen LogP contribution in [-0.2, 0) is 14.3 Å². The molecule has 0 aromatic rings. The zero-order valence-electron chi connectivity index (χ0n) is 7.03. The van der Waals surface area contributed by atoms with Gasteiger partial charge in [-0.25, -0.2) is 0 Å². The zero-order chi connectivity index (χ0) is 8.55. The molecule has 0 aromatic heterocycles. The fourth-order valence-corrected chi connectivity index (χ4v) is 1.75. The molecular weight excluding hydrogens is 156 g/mol. The maximum Gasteiger partial charge on any atom is 0.312 e. The second-order valence-electron chi connectivity index (χ2n) is 3.12. The first-order valence-electron chi connectivity index (χ1n) is 4.31. The number of carbonyl (C=O) groups excluding carboxylic acids is 1. The van der Waals surface area contributed by atoms with Crippen molar-refractivity contribution in [2.75, 3.05) is 6.61 Å². The summed E-state index contributed by atoms with van der Waals surface area (Å²) in [4.78, 5) is 11.3. The first-order valence-corrected chi connectivity index (χ1v) is 4.31. The lowest BCUT2D eigenvalue weighted by molar-refractivity contribution is -0.148. The van der Waals surface area contributed by atoms with E-state index in [1.54, 1.807) is 0 Å². The minimum atomic E-state index is -0.116. The molecule has 2 rings (SSSR count). The molecular formula is C9H12O3. The van der Waals surface area contributed by atoms with E-state index in [2.05, 4.69) is 0 Å². The molecule has 0 unspecified atom stereocenters. The second kappa shape index (κ2) is 2.90. The summed E-state index contributed by atoms with van der Waals surface area (Å²) >= 11 is 0. The normalized spacial score (nSPS) is 37.2. The third-order valence-electron chi connectivity index (χ3n) is 2.32. The van der Waals surface area contributed by atoms with Gasteiger partial charge in [-0.05, 0) is 13.3 Å². The summed E-state index contributed by atoms with van der Waals surface area (Å²) in [7, 11) is 0. The molecule has 2 aliphatic heterocycles. The van der Waals surface area contributed by atoms with Crippen LogP contribution in [0, 0.1) is 5.92 Å². The summed E-state index contributed by atoms with van der Waals surface area (Å²) in [6.07, 6.45) is 4.90. The van der Waals surface area contributed by atoms with Crippen LogP contribution in [0.2, 0.25) is 0 Å². The molecule has 2 heterocycles. The van der Waals surface area contributed by atoms with Crippen molar-refractivity contribution in [2.24, 2.45) is 5.92 Å². The standard InChI is InChI=1S/C9H12O3/c1-2-11-9(10)7-5-6-3-4-8(7)12-6/h3-4,6-8H,2,5H2,1H3/t6-,7+,8-/m1/s1. The molecule has 2 aliphatic rings. The second-order valence-corrected chi connectivity index (χ2v) is 3.12. The van der Waals surface area contributed by atoms with Gasteiger partial charge in [-0.1, -0.05) is 12.2 Å². The Morgan fingerprint density at radius 2 is 2.50 bits per heavy atom. The Balaban J connectivity index is 1.98. The van der Waals surface area contributed by atoms with Gasteiger partial charge in [0, 0.05) is 0 Å². The lowest BCUT2D eigenvalue weighted by Gasteiger charge is -2.12. The molecule has 3 nitrogen and oxygen atoms in total. The third kappa shape index (κ3) is 1.14. The number of fused-ring (bicyclic) bond motifs is 2. The van der Waals surface area contributed by atoms with Gasteiger partial charge in [0.25, 0.3) is 0 Å². The van der Waals surface area contributed by atoms with Crippen LogP contribution in [0.5, 0.6) is 0 Å². The topological polar surface area (TPSA) is 35.5 Å². The van der Waals surface area contributed by atoms with Crippen LogP contribution in [0.25, 0.3) is 0 Å². The molecule has 3 atom stereocenters. The average molecular weight is 168 g/mol. The lowest BCUT2D eigenvalue weighted by atomic mass is 9.95. The monoisotopic (exact) mass is 168 g/mol. The maximum absolute atomic E-state index is 11.3. The SMILES string of the molecule is CCOC(=O)[C@H]1C[C@H]2C=C[C@H]1O2. The molecule has 1 saturated heterocycles. The van der Waals surface area contributed by atoms with E-state index in [-0.39, 0.29) is 24.1 Å². The summed E-state index contributed by atoms with van der Waals surface area (Å²) < 4.78 is 10.4. The maximum atomic E-state index is 11.3. The van der Waals surface area contributed by atoms with Gasteiger partial charge in [0.2, 0.25) is 0 Å². The number of ether oxygens (including phenoxy) is 2. The van der Waals surface area contributed by atoms with Gasteiger partial charge in [-0.2, -0.15) is 0 Å². The van der Waals surface area contributed by atoms with Crippen molar-refractivity contribution in [3.8, 4) is 0 Å². The largest absolute Gasteiger partial charge is 0.466 e. The number of rotatable bonds is 2. The molecule has 0 saturated carbocycles. The van der Waals surface area contributed by atoms with Gasteiger partial charge in [0.05, 0.1) is 24.7 Å². The summed E-state index contributed by atoms with van der Waals surface area (Å²) in [6, 6.07) is 0. The highest BCUT2D eigenvalue weighted by Gasteiger charge is 2.41. The van der Waals surface area contributed by atoms with Crippen LogP contribution in [-0.4, -0.2) is 24.8 Å². The van der Waals surface area contributed by atoms with E-state index < -0.39 is 0 Å². The molecule has 1 fully saturated rings. The summed E-state index contributed by atoms with van der Waals surface area (Å²) in [6.45, 7) is 2.28. The van der Waals surface area contributed by atoms with Gasteiger partial charge >= 0.3 is 5.97 Å². The summed E-state index contributed by atoms with van der Waals surface area (Å²) in [5.41, 5.74) is 0. The summed E-state index contributed by atoms with van der Waals surface area (Å²) in [5.74, 6) is -0.172. The Labute approximate surface area is 71.3 Å². The Hall–Kier alpha value is -0.830. The molecule has 0 N–H and O–H groups in total. The molecule has 0 radical (unpaired) electrons. The summed E-state index contributed by atoms with van der Waals surface area (Å²) in [5, 5.41) is 0. The Kier molecular flexibility index (Phi) is 1.89. The van der Waals surface area contributed by atoms with Gasteiger partial charge in [-0.15, -0.1) is 0 Å². The highest BCUT2D eigenvalue weighted by molar-refractivity contribution is 5.74. The van der Waals surface area contributed by atoms with Gasteiger partial charge in [0.1, 0.15) is 0 Å². The zero-order valence-corrected chi connectivity index (χ0v) is 7.03. The Bertz CT molecular complexity index is 222. The predicted molar refractivity (Wildman–Crippen MR) is 42.5 cm³/mol. The van der Waals surface area contributed by atoms with Crippen molar-refractivity contribution < 1.29 is 14.3 Å². The Morgan fingerprint density at radius 1 is 1.67 bits per heavy atom. The van der Waals surface area contributed by atoms with E-state index in [9.17, 15) is 4.79 Å². The molecule has 0 spiro atoms. The van der Waals surface area contributed by atoms with Crippen molar-refractivity contribution >= 4 is 5.97 Å². The molecule has 3 heteroatoms. The first-order chi connectivity index (χ1) is 5.81. The van der Waals surface area contributed by atoms with E-state index in [4.69, 9.17) is 9.47 Å². The highest BCUT2D eigenvalue weighted by Crippen LogP contribution is 2.34. The average Bonchev–Trinajstić information content (AvgIpc) is 2.64. The van der Waals surface area contributed by atoms with Crippen molar-refractivity contribution in [3.63, 3.8) is 0 Å². The smallest absolute Gasteiger partial charge is 0.312 e. The van der Waals surface area contributed by atoms with Gasteiger partial charge < -0.3 is 9.47 Å². The quantitative estimate of drug-likeness (QED) is 0.454. The van der Waals surface area contributed by atoms with E-state index >= 15 is 0 Å². The number of carbonyl (C=O) groups is 1. The predicted octanol–water partition coefficient (Wildman–Crippen LogP) is 0.893. The van der Waals surface area contributed by atoms with Crippen LogP contribution < -0.4 is 0 Å². The number of esters is 1. The van der Waals surface area contributed by atoms with Crippen LogP contribution in [0.1, 0.15) is 13.3 Å². The first kappa shape index (κ1) is 7.80. The van der Waals surface area contributed by atoms with Gasteiger partial charge in [-0.3, -0.25) is 4.79 Å². The van der Waals surface area contributed by atoms with E-state index in [0.29, 0.717) is 6.61 Å². The molecule has 0 amide bonds. The molecule has 66 valence electrons. The number of hydrogen-bond acceptors (Lipinski definition) is 3. The van der Waals surface area contributed by atoms with E-state index in [1.807, 2.05) is 19.1 Å². The lowest BCUT2D eigenvalue weighted by Crippen LogP contribution is -2.25. The minimum absolute atomic E-state index is 0.0194. The third-order valence-corrected chi connectivity index (χ3v) is 2.32. The van der Waals surface area contributed by atoms with Crippen LogP contribution in [0.15, 0.2) is 12.2 Å². The van der Waals surface area contributed by atoms with Crippen molar-refractivity contribution in [1.82, 2.24) is 0 Å². The van der Waals surface area contributed by atoms with Crippen LogP contribution in [0.3, 0.4) is 0 Å². The molecule has 0 aromatic carbocycles. The molecule has 2 bridgehead atoms. The Morgan fingerprint density at radius 3 is 3.00 bits per heavy atom. The molecule has 12 heavy (non-hydrogen) atoms. The fourth-order valence-electron chi connectivity index (χ4n) is 1.75. The van der Waals surface area contributed by atoms with Gasteiger partial charge in [0.15, 0.2) is 0 Å². The minimum Gasteiger partial charge on any atom is -0.466 e. The van der Waals surface area contributed by atoms with Crippen molar-refractivity contribution in [1.29, 1.82) is 0 Å². The highest BCUT2D eigenvalue weighted by atomic mass is 16.5. The van der Waals surface area contributed by atoms with E-state index in [1.165, 1.54) is 0 Å². The van der Waals surface area contributed by atoms with Crippen molar-refractivity contribution in [3.05, 3.63) is 12.2 Å². The number of hydrogen-bond donors (Lipinski definition) is 0. The van der Waals surface area contributed by atoms with E-state index in [0.717, 1.165) is 6.42 Å². The molecule has 0 aliphatic carbocycles. The van der Waals surface area contributed by atoms with Crippen molar-refractivity contribution in [2.45, 2.75) is 25.6 Å². The van der Waals surface area contributed by atoms with Crippen LogP contribution >= 0.6 is 0 Å². The fraction of sp³-hybridized carbons (Fsp3) is 0.667. The van der Waals surface area contributed by atoms with Crippen LogP contribution in [0.4, 0.5) is 0 Å².